The molecule has 2 rings (SSSR count). The average molecular weight is 295 g/mol. The predicted molar refractivity (Wildman–Crippen MR) is 67.7 cm³/mol. The standard InChI is InChI=1S/C12H11BrN2O2/c1-7-5-9(3-4-11(7)13)15-8(2)10(6-14-15)12(16)17/h3-6H,1-2H3,(H,16,17). The van der Waals surface area contributed by atoms with Gasteiger partial charge in [-0.2, -0.15) is 5.10 Å². The summed E-state index contributed by atoms with van der Waals surface area (Å²) in [5, 5.41) is 13.1. The fraction of sp³-hybridized carbons (Fsp3) is 0.167. The number of aromatic carboxylic acids is 1. The second-order valence-electron chi connectivity index (χ2n) is 3.79. The second kappa shape index (κ2) is 4.33. The summed E-state index contributed by atoms with van der Waals surface area (Å²) < 4.78 is 2.65. The van der Waals surface area contributed by atoms with Gasteiger partial charge in [-0.3, -0.25) is 0 Å². The first-order valence-electron chi connectivity index (χ1n) is 5.05. The summed E-state index contributed by atoms with van der Waals surface area (Å²) in [6.45, 7) is 3.72. The Morgan fingerprint density at radius 3 is 2.65 bits per heavy atom. The van der Waals surface area contributed by atoms with Crippen molar-refractivity contribution in [1.82, 2.24) is 9.78 Å². The van der Waals surface area contributed by atoms with Crippen LogP contribution in [0, 0.1) is 13.8 Å². The Kier molecular flexibility index (Phi) is 3.02. The first-order chi connectivity index (χ1) is 8.00. The van der Waals surface area contributed by atoms with Gasteiger partial charge in [-0.1, -0.05) is 15.9 Å². The molecule has 0 aliphatic heterocycles. The zero-order valence-corrected chi connectivity index (χ0v) is 11.0. The summed E-state index contributed by atoms with van der Waals surface area (Å²) in [6.07, 6.45) is 1.37. The molecule has 88 valence electrons. The molecule has 17 heavy (non-hydrogen) atoms. The number of halogens is 1. The molecule has 0 spiro atoms. The fourth-order valence-corrected chi connectivity index (χ4v) is 1.89. The molecule has 0 atom stereocenters. The molecular formula is C12H11BrN2O2. The minimum absolute atomic E-state index is 0.227. The molecule has 0 bridgehead atoms. The number of carbonyl (C=O) groups is 1. The van der Waals surface area contributed by atoms with Crippen LogP contribution in [-0.4, -0.2) is 20.9 Å². The number of nitrogens with zero attached hydrogens (tertiary/aromatic N) is 2. The summed E-state index contributed by atoms with van der Waals surface area (Å²) in [7, 11) is 0. The molecule has 0 amide bonds. The van der Waals surface area contributed by atoms with Crippen LogP contribution < -0.4 is 0 Å². The number of hydrogen-bond acceptors (Lipinski definition) is 2. The van der Waals surface area contributed by atoms with Gasteiger partial charge in [0.2, 0.25) is 0 Å². The summed E-state index contributed by atoms with van der Waals surface area (Å²) in [5.41, 5.74) is 2.79. The van der Waals surface area contributed by atoms with E-state index in [1.54, 1.807) is 11.6 Å². The third kappa shape index (κ3) is 2.10. The smallest absolute Gasteiger partial charge is 0.339 e. The molecule has 1 aromatic carbocycles. The van der Waals surface area contributed by atoms with E-state index in [4.69, 9.17) is 5.11 Å². The maximum Gasteiger partial charge on any atom is 0.339 e. The number of carboxylic acid groups (broad SMARTS) is 1. The van der Waals surface area contributed by atoms with E-state index in [0.717, 1.165) is 15.7 Å². The second-order valence-corrected chi connectivity index (χ2v) is 4.65. The molecule has 0 saturated carbocycles. The van der Waals surface area contributed by atoms with Gasteiger partial charge in [0.05, 0.1) is 17.6 Å². The Morgan fingerprint density at radius 2 is 2.12 bits per heavy atom. The molecular weight excluding hydrogens is 284 g/mol. The van der Waals surface area contributed by atoms with Gasteiger partial charge in [-0.05, 0) is 37.6 Å². The van der Waals surface area contributed by atoms with Crippen molar-refractivity contribution in [2.45, 2.75) is 13.8 Å². The molecule has 0 fully saturated rings. The van der Waals surface area contributed by atoms with Crippen molar-refractivity contribution < 1.29 is 9.90 Å². The van der Waals surface area contributed by atoms with Gasteiger partial charge in [0.15, 0.2) is 0 Å². The first kappa shape index (κ1) is 11.9. The molecule has 5 heteroatoms. The van der Waals surface area contributed by atoms with E-state index in [1.807, 2.05) is 25.1 Å². The lowest BCUT2D eigenvalue weighted by molar-refractivity contribution is 0.0696. The van der Waals surface area contributed by atoms with Crippen LogP contribution >= 0.6 is 15.9 Å². The zero-order valence-electron chi connectivity index (χ0n) is 9.44. The first-order valence-corrected chi connectivity index (χ1v) is 5.84. The number of hydrogen-bond donors (Lipinski definition) is 1. The van der Waals surface area contributed by atoms with E-state index in [-0.39, 0.29) is 5.56 Å². The molecule has 0 unspecified atom stereocenters. The number of rotatable bonds is 2. The summed E-state index contributed by atoms with van der Waals surface area (Å²) in [6, 6.07) is 5.77. The highest BCUT2D eigenvalue weighted by Gasteiger charge is 2.13. The summed E-state index contributed by atoms with van der Waals surface area (Å²) in [5.74, 6) is -0.956. The van der Waals surface area contributed by atoms with Crippen molar-refractivity contribution >= 4 is 21.9 Å². The minimum atomic E-state index is -0.956. The zero-order chi connectivity index (χ0) is 12.6. The quantitative estimate of drug-likeness (QED) is 0.926. The van der Waals surface area contributed by atoms with Crippen LogP contribution in [0.15, 0.2) is 28.9 Å². The van der Waals surface area contributed by atoms with Crippen LogP contribution in [0.3, 0.4) is 0 Å². The van der Waals surface area contributed by atoms with E-state index in [0.29, 0.717) is 5.69 Å². The number of aryl methyl sites for hydroxylation is 1. The molecule has 1 N–H and O–H groups in total. The van der Waals surface area contributed by atoms with Gasteiger partial charge in [0, 0.05) is 4.47 Å². The van der Waals surface area contributed by atoms with E-state index in [9.17, 15) is 4.79 Å². The van der Waals surface area contributed by atoms with Crippen molar-refractivity contribution in [3.8, 4) is 5.69 Å². The average Bonchev–Trinajstić information content (AvgIpc) is 2.64. The minimum Gasteiger partial charge on any atom is -0.478 e. The van der Waals surface area contributed by atoms with Crippen LogP contribution in [0.1, 0.15) is 21.6 Å². The Morgan fingerprint density at radius 1 is 1.41 bits per heavy atom. The molecule has 4 nitrogen and oxygen atoms in total. The van der Waals surface area contributed by atoms with Crippen molar-refractivity contribution in [2.75, 3.05) is 0 Å². The van der Waals surface area contributed by atoms with Crippen LogP contribution in [-0.2, 0) is 0 Å². The Hall–Kier alpha value is -1.62. The maximum atomic E-state index is 10.9. The SMILES string of the molecule is Cc1cc(-n2ncc(C(=O)O)c2C)ccc1Br. The largest absolute Gasteiger partial charge is 0.478 e. The number of benzene rings is 1. The van der Waals surface area contributed by atoms with Gasteiger partial charge in [-0.15, -0.1) is 0 Å². The highest BCUT2D eigenvalue weighted by Crippen LogP contribution is 2.21. The monoisotopic (exact) mass is 294 g/mol. The maximum absolute atomic E-state index is 10.9. The third-order valence-electron chi connectivity index (χ3n) is 2.63. The lowest BCUT2D eigenvalue weighted by atomic mass is 10.2. The van der Waals surface area contributed by atoms with Gasteiger partial charge in [0.25, 0.3) is 0 Å². The summed E-state index contributed by atoms with van der Waals surface area (Å²) >= 11 is 3.43. The molecule has 0 aliphatic carbocycles. The Labute approximate surface area is 107 Å². The van der Waals surface area contributed by atoms with Gasteiger partial charge in [-0.25, -0.2) is 9.48 Å². The molecule has 1 aromatic heterocycles. The molecule has 0 aliphatic rings. The van der Waals surface area contributed by atoms with Crippen LogP contribution in [0.5, 0.6) is 0 Å². The van der Waals surface area contributed by atoms with Crippen molar-refractivity contribution in [3.05, 3.63) is 45.7 Å². The highest BCUT2D eigenvalue weighted by atomic mass is 79.9. The van der Waals surface area contributed by atoms with E-state index in [2.05, 4.69) is 21.0 Å². The van der Waals surface area contributed by atoms with Crippen molar-refractivity contribution in [1.29, 1.82) is 0 Å². The van der Waals surface area contributed by atoms with Crippen molar-refractivity contribution in [3.63, 3.8) is 0 Å². The lowest BCUT2D eigenvalue weighted by Crippen LogP contribution is -2.02. The Bertz CT molecular complexity index is 590. The number of aromatic nitrogens is 2. The molecule has 0 saturated heterocycles. The van der Waals surface area contributed by atoms with E-state index < -0.39 is 5.97 Å². The highest BCUT2D eigenvalue weighted by molar-refractivity contribution is 9.10. The summed E-state index contributed by atoms with van der Waals surface area (Å²) in [4.78, 5) is 10.9. The topological polar surface area (TPSA) is 55.1 Å². The predicted octanol–water partition coefficient (Wildman–Crippen LogP) is 2.95. The normalized spacial score (nSPS) is 10.5. The van der Waals surface area contributed by atoms with Crippen LogP contribution in [0.2, 0.25) is 0 Å². The lowest BCUT2D eigenvalue weighted by Gasteiger charge is -2.06. The van der Waals surface area contributed by atoms with Crippen LogP contribution in [0.25, 0.3) is 5.69 Å². The molecule has 0 radical (unpaired) electrons. The van der Waals surface area contributed by atoms with Gasteiger partial charge >= 0.3 is 5.97 Å². The van der Waals surface area contributed by atoms with Crippen LogP contribution in [0.4, 0.5) is 0 Å². The van der Waals surface area contributed by atoms with E-state index in [1.165, 1.54) is 6.20 Å². The molecule has 2 aromatic rings. The fourth-order valence-electron chi connectivity index (χ4n) is 1.64. The molecule has 1 heterocycles. The van der Waals surface area contributed by atoms with Gasteiger partial charge in [0.1, 0.15) is 5.56 Å². The van der Waals surface area contributed by atoms with Crippen molar-refractivity contribution in [2.24, 2.45) is 0 Å². The van der Waals surface area contributed by atoms with Gasteiger partial charge < -0.3 is 5.11 Å². The Balaban J connectivity index is 2.53. The number of carboxylic acids is 1. The third-order valence-corrected chi connectivity index (χ3v) is 3.52. The van der Waals surface area contributed by atoms with E-state index >= 15 is 0 Å².